The van der Waals surface area contributed by atoms with Gasteiger partial charge >= 0.3 is 0 Å². The predicted octanol–water partition coefficient (Wildman–Crippen LogP) is 5.89. The van der Waals surface area contributed by atoms with Gasteiger partial charge in [0.05, 0.1) is 0 Å². The van der Waals surface area contributed by atoms with Crippen LogP contribution in [-0.4, -0.2) is 0 Å². The Morgan fingerprint density at radius 1 is 0.727 bits per heavy atom. The number of hydrogen-bond donors (Lipinski definition) is 0. The molecule has 1 aliphatic rings. The van der Waals surface area contributed by atoms with Gasteiger partial charge in [0.25, 0.3) is 0 Å². The summed E-state index contributed by atoms with van der Waals surface area (Å²) in [7, 11) is 0. The Balaban J connectivity index is 2.25. The van der Waals surface area contributed by atoms with Crippen LogP contribution < -0.4 is 0 Å². The maximum absolute atomic E-state index is 2.29. The second-order valence-corrected chi connectivity index (χ2v) is 6.01. The zero-order valence-electron chi connectivity index (χ0n) is 13.2. The van der Waals surface area contributed by atoms with E-state index in [1.807, 2.05) is 0 Å². The Morgan fingerprint density at radius 2 is 1.18 bits per heavy atom. The van der Waals surface area contributed by atoms with Crippen LogP contribution in [-0.2, 0) is 0 Å². The molecule has 0 atom stereocenters. The van der Waals surface area contributed by atoms with E-state index in [0.717, 1.165) is 0 Å². The summed E-state index contributed by atoms with van der Waals surface area (Å²) < 4.78 is 0. The van der Waals surface area contributed by atoms with E-state index in [0.29, 0.717) is 11.8 Å². The van der Waals surface area contributed by atoms with Gasteiger partial charge in [-0.3, -0.25) is 0 Å². The smallest absolute Gasteiger partial charge is 0.0175 e. The fourth-order valence-corrected chi connectivity index (χ4v) is 3.19. The predicted molar refractivity (Wildman–Crippen MR) is 95.5 cm³/mol. The van der Waals surface area contributed by atoms with E-state index in [-0.39, 0.29) is 0 Å². The Kier molecular flexibility index (Phi) is 4.39. The maximum Gasteiger partial charge on any atom is 0.0175 e. The molecule has 2 aromatic carbocycles. The van der Waals surface area contributed by atoms with Crippen LogP contribution in [0, 0.1) is 11.8 Å². The zero-order valence-corrected chi connectivity index (χ0v) is 13.2. The third-order valence-corrected chi connectivity index (χ3v) is 4.14. The molecule has 0 spiro atoms. The summed E-state index contributed by atoms with van der Waals surface area (Å²) in [5.41, 5.74) is 5.46. The monoisotopic (exact) mass is 286 g/mol. The van der Waals surface area contributed by atoms with Crippen molar-refractivity contribution in [1.29, 1.82) is 0 Å². The van der Waals surface area contributed by atoms with Crippen LogP contribution in [0.15, 0.2) is 90.5 Å². The number of benzene rings is 2. The second-order valence-electron chi connectivity index (χ2n) is 6.01. The van der Waals surface area contributed by atoms with Crippen LogP contribution in [0.1, 0.15) is 25.0 Å². The van der Waals surface area contributed by atoms with Gasteiger partial charge in [-0.25, -0.2) is 0 Å². The molecule has 0 heterocycles. The van der Waals surface area contributed by atoms with Gasteiger partial charge in [-0.15, -0.1) is 0 Å². The summed E-state index contributed by atoms with van der Waals surface area (Å²) in [6.07, 6.45) is 8.89. The second kappa shape index (κ2) is 6.62. The molecule has 0 unspecified atom stereocenters. The highest BCUT2D eigenvalue weighted by atomic mass is 14.2. The van der Waals surface area contributed by atoms with Crippen molar-refractivity contribution < 1.29 is 0 Å². The molecule has 2 aromatic rings. The van der Waals surface area contributed by atoms with Crippen molar-refractivity contribution in [1.82, 2.24) is 0 Å². The van der Waals surface area contributed by atoms with E-state index in [1.54, 1.807) is 0 Å². The van der Waals surface area contributed by atoms with Gasteiger partial charge < -0.3 is 0 Å². The minimum Gasteiger partial charge on any atom is -0.0735 e. The molecule has 0 aliphatic heterocycles. The first-order valence-corrected chi connectivity index (χ1v) is 7.97. The standard InChI is InChI=1S/C22H22/c1-17(2)21(18-15-9-10-16-18)22(19-11-5-3-6-12-19)20-13-7-4-8-14-20/h3-18H,1-2H3. The van der Waals surface area contributed by atoms with Gasteiger partial charge in [0.1, 0.15) is 0 Å². The molecule has 0 saturated heterocycles. The molecule has 0 bridgehead atoms. The molecule has 0 heteroatoms. The molecule has 0 saturated carbocycles. The molecule has 0 N–H and O–H groups in total. The van der Waals surface area contributed by atoms with Crippen molar-refractivity contribution in [2.24, 2.45) is 11.8 Å². The first-order chi connectivity index (χ1) is 10.8. The average Bonchev–Trinajstić information content (AvgIpc) is 3.07. The van der Waals surface area contributed by atoms with E-state index in [2.05, 4.69) is 98.8 Å². The summed E-state index contributed by atoms with van der Waals surface area (Å²) in [6.45, 7) is 4.59. The van der Waals surface area contributed by atoms with Crippen molar-refractivity contribution >= 4 is 5.57 Å². The van der Waals surface area contributed by atoms with Crippen molar-refractivity contribution in [3.8, 4) is 0 Å². The molecule has 1 aliphatic carbocycles. The van der Waals surface area contributed by atoms with E-state index >= 15 is 0 Å². The van der Waals surface area contributed by atoms with E-state index < -0.39 is 0 Å². The molecular formula is C22H22. The Hall–Kier alpha value is -2.34. The highest BCUT2D eigenvalue weighted by molar-refractivity contribution is 5.83. The van der Waals surface area contributed by atoms with Gasteiger partial charge in [-0.1, -0.05) is 98.8 Å². The van der Waals surface area contributed by atoms with Crippen molar-refractivity contribution in [2.45, 2.75) is 13.8 Å². The largest absolute Gasteiger partial charge is 0.0735 e. The lowest BCUT2D eigenvalue weighted by molar-refractivity contribution is 0.703. The van der Waals surface area contributed by atoms with E-state index in [4.69, 9.17) is 0 Å². The summed E-state index contributed by atoms with van der Waals surface area (Å²) in [5, 5.41) is 0. The molecule has 110 valence electrons. The first kappa shape index (κ1) is 14.6. The van der Waals surface area contributed by atoms with Crippen LogP contribution in [0.4, 0.5) is 0 Å². The third kappa shape index (κ3) is 2.96. The van der Waals surface area contributed by atoms with Crippen LogP contribution in [0.2, 0.25) is 0 Å². The minimum absolute atomic E-state index is 0.399. The molecule has 22 heavy (non-hydrogen) atoms. The van der Waals surface area contributed by atoms with Crippen molar-refractivity contribution in [3.63, 3.8) is 0 Å². The highest BCUT2D eigenvalue weighted by Crippen LogP contribution is 2.36. The molecule has 0 aromatic heterocycles. The van der Waals surface area contributed by atoms with Crippen LogP contribution in [0.25, 0.3) is 5.57 Å². The fraction of sp³-hybridized carbons (Fsp3) is 0.182. The normalized spacial score (nSPS) is 13.8. The SMILES string of the molecule is CC(C)C(=C(c1ccccc1)c1ccccc1)C1C=CC=C1. The molecule has 0 fully saturated rings. The van der Waals surface area contributed by atoms with E-state index in [1.165, 1.54) is 22.3 Å². The lowest BCUT2D eigenvalue weighted by atomic mass is 9.81. The minimum atomic E-state index is 0.399. The average molecular weight is 286 g/mol. The summed E-state index contributed by atoms with van der Waals surface area (Å²) in [6, 6.07) is 21.5. The molecule has 0 amide bonds. The van der Waals surface area contributed by atoms with Gasteiger partial charge in [0, 0.05) is 5.92 Å². The summed E-state index contributed by atoms with van der Waals surface area (Å²) in [4.78, 5) is 0. The molecule has 3 rings (SSSR count). The number of hydrogen-bond acceptors (Lipinski definition) is 0. The fourth-order valence-electron chi connectivity index (χ4n) is 3.19. The molecular weight excluding hydrogens is 264 g/mol. The highest BCUT2D eigenvalue weighted by Gasteiger charge is 2.20. The third-order valence-electron chi connectivity index (χ3n) is 4.14. The Labute approximate surface area is 133 Å². The van der Waals surface area contributed by atoms with Gasteiger partial charge in [-0.2, -0.15) is 0 Å². The maximum atomic E-state index is 2.29. The summed E-state index contributed by atoms with van der Waals surface area (Å²) >= 11 is 0. The molecule has 0 nitrogen and oxygen atoms in total. The lowest BCUT2D eigenvalue weighted by Gasteiger charge is -2.23. The molecule has 0 radical (unpaired) electrons. The first-order valence-electron chi connectivity index (χ1n) is 7.97. The van der Waals surface area contributed by atoms with Gasteiger partial charge in [0.15, 0.2) is 0 Å². The van der Waals surface area contributed by atoms with Crippen LogP contribution >= 0.6 is 0 Å². The summed E-state index contributed by atoms with van der Waals surface area (Å²) in [5.74, 6) is 0.892. The zero-order chi connectivity index (χ0) is 15.4. The Bertz CT molecular complexity index is 647. The topological polar surface area (TPSA) is 0 Å². The van der Waals surface area contributed by atoms with Crippen LogP contribution in [0.3, 0.4) is 0 Å². The van der Waals surface area contributed by atoms with Crippen molar-refractivity contribution in [3.05, 3.63) is 102 Å². The number of rotatable bonds is 4. The van der Waals surface area contributed by atoms with Gasteiger partial charge in [0.2, 0.25) is 0 Å². The van der Waals surface area contributed by atoms with Gasteiger partial charge in [-0.05, 0) is 28.2 Å². The quantitative estimate of drug-likeness (QED) is 0.657. The number of allylic oxidation sites excluding steroid dienone is 5. The van der Waals surface area contributed by atoms with E-state index in [9.17, 15) is 0 Å². The lowest BCUT2D eigenvalue weighted by Crippen LogP contribution is -2.08. The van der Waals surface area contributed by atoms with Crippen LogP contribution in [0.5, 0.6) is 0 Å². The van der Waals surface area contributed by atoms with Crippen molar-refractivity contribution in [2.75, 3.05) is 0 Å². The Morgan fingerprint density at radius 3 is 1.59 bits per heavy atom.